The molecule has 100 valence electrons. The number of hydrogen-bond acceptors (Lipinski definition) is 2. The third-order valence-corrected chi connectivity index (χ3v) is 4.61. The van der Waals surface area contributed by atoms with E-state index >= 15 is 0 Å². The van der Waals surface area contributed by atoms with E-state index < -0.39 is 0 Å². The molecule has 0 aromatic heterocycles. The molecule has 1 aliphatic rings. The molecule has 2 nitrogen and oxygen atoms in total. The number of nitrogens with two attached hydrogens (primary N) is 1. The molecule has 0 heterocycles. The van der Waals surface area contributed by atoms with Gasteiger partial charge in [0, 0.05) is 0 Å². The number of rotatable bonds is 3. The molecule has 1 atom stereocenters. The lowest BCUT2D eigenvalue weighted by molar-refractivity contribution is 0.144. The van der Waals surface area contributed by atoms with Crippen LogP contribution < -0.4 is 11.3 Å². The molecule has 1 unspecified atom stereocenters. The smallest absolute Gasteiger partial charge is 0.0516 e. The zero-order valence-electron chi connectivity index (χ0n) is 11.9. The summed E-state index contributed by atoms with van der Waals surface area (Å²) in [5.41, 5.74) is 7.43. The van der Waals surface area contributed by atoms with E-state index in [4.69, 9.17) is 5.84 Å². The minimum Gasteiger partial charge on any atom is -0.271 e. The van der Waals surface area contributed by atoms with Crippen LogP contribution in [-0.4, -0.2) is 0 Å². The minimum absolute atomic E-state index is 0.276. The van der Waals surface area contributed by atoms with Crippen LogP contribution in [0.5, 0.6) is 0 Å². The highest BCUT2D eigenvalue weighted by Crippen LogP contribution is 2.46. The maximum Gasteiger partial charge on any atom is 0.0516 e. The van der Waals surface area contributed by atoms with Crippen LogP contribution in [0.1, 0.15) is 61.8 Å². The van der Waals surface area contributed by atoms with Crippen molar-refractivity contribution in [2.45, 2.75) is 58.9 Å². The highest BCUT2D eigenvalue weighted by molar-refractivity contribution is 5.34. The fourth-order valence-electron chi connectivity index (χ4n) is 3.39. The predicted molar refractivity (Wildman–Crippen MR) is 77.2 cm³/mol. The molecule has 0 radical (unpaired) electrons. The Balaban J connectivity index is 2.35. The first-order valence-electron chi connectivity index (χ1n) is 7.10. The largest absolute Gasteiger partial charge is 0.271 e. The van der Waals surface area contributed by atoms with Crippen molar-refractivity contribution in [2.75, 3.05) is 0 Å². The SMILES string of the molecule is Cc1ccc(C)c(C(NN)C2(C)CCCCC2)c1. The summed E-state index contributed by atoms with van der Waals surface area (Å²) in [5.74, 6) is 5.89. The highest BCUT2D eigenvalue weighted by Gasteiger charge is 2.36. The predicted octanol–water partition coefficient (Wildman–Crippen LogP) is 3.78. The standard InChI is InChI=1S/C16H26N2/c1-12-7-8-13(2)14(11-12)15(18-17)16(3)9-5-4-6-10-16/h7-8,11,15,18H,4-6,9-10,17H2,1-3H3. The van der Waals surface area contributed by atoms with E-state index in [9.17, 15) is 0 Å². The molecule has 0 amide bonds. The molecule has 18 heavy (non-hydrogen) atoms. The molecule has 0 saturated heterocycles. The number of nitrogens with one attached hydrogen (secondary N) is 1. The first-order valence-corrected chi connectivity index (χ1v) is 7.10. The molecule has 0 spiro atoms. The molecule has 1 saturated carbocycles. The number of aryl methyl sites for hydroxylation is 2. The summed E-state index contributed by atoms with van der Waals surface area (Å²) in [6, 6.07) is 6.95. The lowest BCUT2D eigenvalue weighted by Gasteiger charge is -2.41. The van der Waals surface area contributed by atoms with Gasteiger partial charge < -0.3 is 0 Å². The topological polar surface area (TPSA) is 38.0 Å². The molecule has 0 bridgehead atoms. The van der Waals surface area contributed by atoms with Crippen molar-refractivity contribution in [3.63, 3.8) is 0 Å². The van der Waals surface area contributed by atoms with Gasteiger partial charge in [0.1, 0.15) is 0 Å². The van der Waals surface area contributed by atoms with Crippen molar-refractivity contribution < 1.29 is 0 Å². The van der Waals surface area contributed by atoms with Crippen LogP contribution in [0.2, 0.25) is 0 Å². The Kier molecular flexibility index (Phi) is 4.08. The van der Waals surface area contributed by atoms with E-state index in [1.54, 1.807) is 0 Å². The molecule has 1 aromatic rings. The summed E-state index contributed by atoms with van der Waals surface area (Å²) in [4.78, 5) is 0. The van der Waals surface area contributed by atoms with Crippen molar-refractivity contribution in [1.29, 1.82) is 0 Å². The molecule has 2 rings (SSSR count). The number of hydrazine groups is 1. The Hall–Kier alpha value is -0.860. The quantitative estimate of drug-likeness (QED) is 0.629. The van der Waals surface area contributed by atoms with Crippen molar-refractivity contribution in [2.24, 2.45) is 11.3 Å². The molecule has 1 aromatic carbocycles. The van der Waals surface area contributed by atoms with Gasteiger partial charge in [0.05, 0.1) is 6.04 Å². The van der Waals surface area contributed by atoms with Gasteiger partial charge in [-0.05, 0) is 43.2 Å². The maximum atomic E-state index is 5.89. The van der Waals surface area contributed by atoms with Crippen LogP contribution in [0.25, 0.3) is 0 Å². The van der Waals surface area contributed by atoms with Crippen LogP contribution in [-0.2, 0) is 0 Å². The van der Waals surface area contributed by atoms with Crippen LogP contribution >= 0.6 is 0 Å². The summed E-state index contributed by atoms with van der Waals surface area (Å²) >= 11 is 0. The van der Waals surface area contributed by atoms with Gasteiger partial charge in [-0.15, -0.1) is 0 Å². The van der Waals surface area contributed by atoms with Gasteiger partial charge in [-0.1, -0.05) is 49.9 Å². The number of hydrogen-bond donors (Lipinski definition) is 2. The van der Waals surface area contributed by atoms with E-state index in [0.29, 0.717) is 5.41 Å². The third-order valence-electron chi connectivity index (χ3n) is 4.61. The summed E-state index contributed by atoms with van der Waals surface area (Å²) in [7, 11) is 0. The lowest BCUT2D eigenvalue weighted by atomic mass is 9.68. The third kappa shape index (κ3) is 2.60. The van der Waals surface area contributed by atoms with Crippen molar-refractivity contribution in [1.82, 2.24) is 5.43 Å². The second-order valence-corrected chi connectivity index (χ2v) is 6.17. The summed E-state index contributed by atoms with van der Waals surface area (Å²) in [6.07, 6.45) is 6.59. The van der Waals surface area contributed by atoms with E-state index in [2.05, 4.69) is 44.4 Å². The van der Waals surface area contributed by atoms with E-state index in [0.717, 1.165) is 0 Å². The summed E-state index contributed by atoms with van der Waals surface area (Å²) in [5, 5.41) is 0. The molecular formula is C16H26N2. The van der Waals surface area contributed by atoms with E-state index in [-0.39, 0.29) is 6.04 Å². The molecule has 1 aliphatic carbocycles. The zero-order chi connectivity index (χ0) is 13.2. The minimum atomic E-state index is 0.276. The number of benzene rings is 1. The van der Waals surface area contributed by atoms with Crippen LogP contribution in [0, 0.1) is 19.3 Å². The molecule has 0 aliphatic heterocycles. The first kappa shape index (κ1) is 13.6. The Morgan fingerprint density at radius 1 is 1.17 bits per heavy atom. The van der Waals surface area contributed by atoms with Crippen LogP contribution in [0.4, 0.5) is 0 Å². The monoisotopic (exact) mass is 246 g/mol. The highest BCUT2D eigenvalue weighted by atomic mass is 15.2. The molecule has 1 fully saturated rings. The maximum absolute atomic E-state index is 5.89. The summed E-state index contributed by atoms with van der Waals surface area (Å²) in [6.45, 7) is 6.73. The van der Waals surface area contributed by atoms with Crippen molar-refractivity contribution >= 4 is 0 Å². The Bertz CT molecular complexity index is 406. The van der Waals surface area contributed by atoms with Gasteiger partial charge in [-0.2, -0.15) is 0 Å². The van der Waals surface area contributed by atoms with Gasteiger partial charge in [-0.3, -0.25) is 11.3 Å². The Morgan fingerprint density at radius 3 is 2.44 bits per heavy atom. The summed E-state index contributed by atoms with van der Waals surface area (Å²) < 4.78 is 0. The molecular weight excluding hydrogens is 220 g/mol. The van der Waals surface area contributed by atoms with E-state index in [1.807, 2.05) is 0 Å². The van der Waals surface area contributed by atoms with Crippen LogP contribution in [0.15, 0.2) is 18.2 Å². The lowest BCUT2D eigenvalue weighted by Crippen LogP contribution is -2.41. The fraction of sp³-hybridized carbons (Fsp3) is 0.625. The normalized spacial score (nSPS) is 20.7. The first-order chi connectivity index (χ1) is 8.57. The van der Waals surface area contributed by atoms with Gasteiger partial charge >= 0.3 is 0 Å². The molecule has 2 heteroatoms. The average Bonchev–Trinajstić information content (AvgIpc) is 2.35. The second kappa shape index (κ2) is 5.41. The Labute approximate surface area is 111 Å². The van der Waals surface area contributed by atoms with Gasteiger partial charge in [0.15, 0.2) is 0 Å². The average molecular weight is 246 g/mol. The van der Waals surface area contributed by atoms with Crippen LogP contribution in [0.3, 0.4) is 0 Å². The van der Waals surface area contributed by atoms with E-state index in [1.165, 1.54) is 48.8 Å². The Morgan fingerprint density at radius 2 is 1.83 bits per heavy atom. The molecule has 3 N–H and O–H groups in total. The van der Waals surface area contributed by atoms with Crippen molar-refractivity contribution in [3.8, 4) is 0 Å². The van der Waals surface area contributed by atoms with Crippen molar-refractivity contribution in [3.05, 3.63) is 34.9 Å². The fourth-order valence-corrected chi connectivity index (χ4v) is 3.39. The van der Waals surface area contributed by atoms with Gasteiger partial charge in [0.25, 0.3) is 0 Å². The van der Waals surface area contributed by atoms with Gasteiger partial charge in [0.2, 0.25) is 0 Å². The zero-order valence-corrected chi connectivity index (χ0v) is 11.9. The second-order valence-electron chi connectivity index (χ2n) is 6.17. The van der Waals surface area contributed by atoms with Gasteiger partial charge in [-0.25, -0.2) is 0 Å².